The van der Waals surface area contributed by atoms with Crippen LogP contribution in [0.5, 0.6) is 0 Å². The monoisotopic (exact) mass is 210 g/mol. The topological polar surface area (TPSA) is 17.1 Å². The standard InChI is InChI=1S/C11H5F3O/c12-9-4-10(13)11(14)8-3-6(5-15)1-2-7(8)9/h1-5H. The lowest BCUT2D eigenvalue weighted by atomic mass is 10.1. The fourth-order valence-corrected chi connectivity index (χ4v) is 1.41. The second kappa shape index (κ2) is 3.38. The van der Waals surface area contributed by atoms with Gasteiger partial charge < -0.3 is 0 Å². The molecule has 0 bridgehead atoms. The van der Waals surface area contributed by atoms with E-state index in [2.05, 4.69) is 0 Å². The molecule has 0 atom stereocenters. The lowest BCUT2D eigenvalue weighted by molar-refractivity contribution is 0.112. The Kier molecular flexibility index (Phi) is 2.19. The number of carbonyl (C=O) groups excluding carboxylic acids is 1. The van der Waals surface area contributed by atoms with Crippen molar-refractivity contribution in [1.82, 2.24) is 0 Å². The van der Waals surface area contributed by atoms with E-state index in [1.165, 1.54) is 12.1 Å². The third-order valence-electron chi connectivity index (χ3n) is 2.14. The number of benzene rings is 2. The molecule has 1 nitrogen and oxygen atoms in total. The van der Waals surface area contributed by atoms with Gasteiger partial charge in [0.15, 0.2) is 11.6 Å². The molecule has 76 valence electrons. The van der Waals surface area contributed by atoms with Crippen molar-refractivity contribution in [2.45, 2.75) is 0 Å². The molecule has 0 aliphatic rings. The van der Waals surface area contributed by atoms with Crippen molar-refractivity contribution in [3.63, 3.8) is 0 Å². The van der Waals surface area contributed by atoms with Gasteiger partial charge in [-0.15, -0.1) is 0 Å². The van der Waals surface area contributed by atoms with Crippen LogP contribution < -0.4 is 0 Å². The van der Waals surface area contributed by atoms with Crippen molar-refractivity contribution in [3.05, 3.63) is 47.3 Å². The van der Waals surface area contributed by atoms with Gasteiger partial charge in [0.05, 0.1) is 0 Å². The van der Waals surface area contributed by atoms with Gasteiger partial charge in [-0.1, -0.05) is 12.1 Å². The molecule has 0 N–H and O–H groups in total. The zero-order chi connectivity index (χ0) is 11.0. The van der Waals surface area contributed by atoms with E-state index in [0.717, 1.165) is 6.07 Å². The molecule has 0 aliphatic heterocycles. The molecule has 4 heteroatoms. The average Bonchev–Trinajstić information content (AvgIpc) is 2.25. The molecule has 0 saturated carbocycles. The molecule has 0 unspecified atom stereocenters. The number of rotatable bonds is 1. The Hall–Kier alpha value is -1.84. The van der Waals surface area contributed by atoms with Crippen LogP contribution in [0.4, 0.5) is 13.2 Å². The summed E-state index contributed by atoms with van der Waals surface area (Å²) in [7, 11) is 0. The van der Waals surface area contributed by atoms with E-state index in [1.54, 1.807) is 0 Å². The summed E-state index contributed by atoms with van der Waals surface area (Å²) in [6.07, 6.45) is 0.488. The lowest BCUT2D eigenvalue weighted by Gasteiger charge is -2.02. The van der Waals surface area contributed by atoms with Gasteiger partial charge in [-0.25, -0.2) is 13.2 Å². The maximum absolute atomic E-state index is 13.2. The number of halogens is 3. The number of aldehydes is 1. The van der Waals surface area contributed by atoms with Crippen LogP contribution >= 0.6 is 0 Å². The predicted molar refractivity (Wildman–Crippen MR) is 49.2 cm³/mol. The van der Waals surface area contributed by atoms with Crippen molar-refractivity contribution >= 4 is 17.1 Å². The number of hydrogen-bond acceptors (Lipinski definition) is 1. The quantitative estimate of drug-likeness (QED) is 0.522. The summed E-state index contributed by atoms with van der Waals surface area (Å²) in [5, 5.41) is -0.267. The Bertz CT molecular complexity index is 549. The molecule has 0 radical (unpaired) electrons. The predicted octanol–water partition coefficient (Wildman–Crippen LogP) is 3.07. The van der Waals surface area contributed by atoms with Crippen LogP contribution in [0.2, 0.25) is 0 Å². The first kappa shape index (κ1) is 9.71. The number of fused-ring (bicyclic) bond motifs is 1. The summed E-state index contributed by atoms with van der Waals surface area (Å²) < 4.78 is 39.2. The summed E-state index contributed by atoms with van der Waals surface area (Å²) in [6.45, 7) is 0. The van der Waals surface area contributed by atoms with Crippen LogP contribution in [0.3, 0.4) is 0 Å². The van der Waals surface area contributed by atoms with Crippen LogP contribution in [0.15, 0.2) is 24.3 Å². The average molecular weight is 210 g/mol. The lowest BCUT2D eigenvalue weighted by Crippen LogP contribution is -1.92. The van der Waals surface area contributed by atoms with Gasteiger partial charge in [0.2, 0.25) is 0 Å². The molecule has 0 aliphatic carbocycles. The van der Waals surface area contributed by atoms with Crippen LogP contribution in [0, 0.1) is 17.5 Å². The van der Waals surface area contributed by atoms with Crippen molar-refractivity contribution in [2.24, 2.45) is 0 Å². The fourth-order valence-electron chi connectivity index (χ4n) is 1.41. The van der Waals surface area contributed by atoms with E-state index < -0.39 is 17.5 Å². The molecule has 0 saturated heterocycles. The fraction of sp³-hybridized carbons (Fsp3) is 0. The summed E-state index contributed by atoms with van der Waals surface area (Å²) in [5.41, 5.74) is 0.173. The van der Waals surface area contributed by atoms with E-state index >= 15 is 0 Å². The highest BCUT2D eigenvalue weighted by atomic mass is 19.2. The third kappa shape index (κ3) is 1.48. The van der Waals surface area contributed by atoms with Crippen LogP contribution in [-0.2, 0) is 0 Å². The van der Waals surface area contributed by atoms with Gasteiger partial charge in [-0.3, -0.25) is 4.79 Å². The van der Waals surface area contributed by atoms with E-state index in [0.29, 0.717) is 12.4 Å². The van der Waals surface area contributed by atoms with Crippen LogP contribution in [0.25, 0.3) is 10.8 Å². The molecule has 2 aromatic rings. The maximum atomic E-state index is 13.2. The molecule has 0 spiro atoms. The molecular weight excluding hydrogens is 205 g/mol. The van der Waals surface area contributed by atoms with E-state index in [1.807, 2.05) is 0 Å². The van der Waals surface area contributed by atoms with Crippen LogP contribution in [-0.4, -0.2) is 6.29 Å². The second-order valence-electron chi connectivity index (χ2n) is 3.08. The first-order valence-corrected chi connectivity index (χ1v) is 4.16. The Labute approximate surface area is 83.1 Å². The van der Waals surface area contributed by atoms with Crippen molar-refractivity contribution < 1.29 is 18.0 Å². The first-order valence-electron chi connectivity index (χ1n) is 4.16. The molecule has 0 fully saturated rings. The molecule has 0 heterocycles. The zero-order valence-corrected chi connectivity index (χ0v) is 7.43. The Morgan fingerprint density at radius 2 is 1.67 bits per heavy atom. The Balaban J connectivity index is 2.91. The highest BCUT2D eigenvalue weighted by Gasteiger charge is 2.12. The third-order valence-corrected chi connectivity index (χ3v) is 2.14. The van der Waals surface area contributed by atoms with Gasteiger partial charge in [-0.2, -0.15) is 0 Å². The van der Waals surface area contributed by atoms with Gasteiger partial charge in [0, 0.05) is 22.4 Å². The van der Waals surface area contributed by atoms with E-state index in [-0.39, 0.29) is 16.3 Å². The summed E-state index contributed by atoms with van der Waals surface area (Å²) >= 11 is 0. The smallest absolute Gasteiger partial charge is 0.166 e. The van der Waals surface area contributed by atoms with E-state index in [4.69, 9.17) is 0 Å². The minimum atomic E-state index is -1.26. The SMILES string of the molecule is O=Cc1ccc2c(F)cc(F)c(F)c2c1. The first-order chi connectivity index (χ1) is 7.13. The molecule has 15 heavy (non-hydrogen) atoms. The second-order valence-corrected chi connectivity index (χ2v) is 3.08. The van der Waals surface area contributed by atoms with Gasteiger partial charge in [-0.05, 0) is 6.07 Å². The van der Waals surface area contributed by atoms with Crippen molar-refractivity contribution in [1.29, 1.82) is 0 Å². The Morgan fingerprint density at radius 1 is 0.933 bits per heavy atom. The summed E-state index contributed by atoms with van der Waals surface area (Å²) in [5.74, 6) is -3.25. The molecular formula is C11H5F3O. The van der Waals surface area contributed by atoms with Gasteiger partial charge in [0.1, 0.15) is 12.1 Å². The van der Waals surface area contributed by atoms with Gasteiger partial charge >= 0.3 is 0 Å². The highest BCUT2D eigenvalue weighted by molar-refractivity contribution is 5.89. The summed E-state index contributed by atoms with van der Waals surface area (Å²) in [6, 6.07) is 4.19. The minimum absolute atomic E-state index is 0.0421. The number of hydrogen-bond donors (Lipinski definition) is 0. The zero-order valence-electron chi connectivity index (χ0n) is 7.43. The van der Waals surface area contributed by atoms with E-state index in [9.17, 15) is 18.0 Å². The summed E-state index contributed by atoms with van der Waals surface area (Å²) in [4.78, 5) is 10.4. The molecule has 0 amide bonds. The van der Waals surface area contributed by atoms with Gasteiger partial charge in [0.25, 0.3) is 0 Å². The number of carbonyl (C=O) groups is 1. The molecule has 2 aromatic carbocycles. The molecule has 2 rings (SSSR count). The van der Waals surface area contributed by atoms with Crippen molar-refractivity contribution in [3.8, 4) is 0 Å². The van der Waals surface area contributed by atoms with Crippen molar-refractivity contribution in [2.75, 3.05) is 0 Å². The normalized spacial score (nSPS) is 10.6. The Morgan fingerprint density at radius 3 is 2.33 bits per heavy atom. The minimum Gasteiger partial charge on any atom is -0.298 e. The highest BCUT2D eigenvalue weighted by Crippen LogP contribution is 2.24. The largest absolute Gasteiger partial charge is 0.298 e. The molecule has 0 aromatic heterocycles. The maximum Gasteiger partial charge on any atom is 0.166 e. The van der Waals surface area contributed by atoms with Crippen LogP contribution in [0.1, 0.15) is 10.4 Å².